The molecule has 0 spiro atoms. The molecule has 0 saturated carbocycles. The van der Waals surface area contributed by atoms with Gasteiger partial charge in [-0.25, -0.2) is 0 Å². The number of nitrogens with zero attached hydrogens (tertiary/aromatic N) is 2. The first-order chi connectivity index (χ1) is 13.8. The van der Waals surface area contributed by atoms with Crippen LogP contribution in [0, 0.1) is 17.8 Å². The molecule has 8 nitrogen and oxygen atoms in total. The zero-order chi connectivity index (χ0) is 23.8. The van der Waals surface area contributed by atoms with E-state index in [-0.39, 0.29) is 36.0 Å². The molecule has 0 fully saturated rings. The molecule has 5 atom stereocenters. The third-order valence-electron chi connectivity index (χ3n) is 5.74. The van der Waals surface area contributed by atoms with Gasteiger partial charge in [0.2, 0.25) is 11.8 Å². The van der Waals surface area contributed by atoms with Crippen LogP contribution in [0.3, 0.4) is 0 Å². The summed E-state index contributed by atoms with van der Waals surface area (Å²) < 4.78 is 5.54. The summed E-state index contributed by atoms with van der Waals surface area (Å²) in [6.07, 6.45) is -0.422. The summed E-state index contributed by atoms with van der Waals surface area (Å²) in [6.45, 7) is 11.6. The van der Waals surface area contributed by atoms with Crippen molar-refractivity contribution in [2.75, 3.05) is 28.3 Å². The lowest BCUT2D eigenvalue weighted by Gasteiger charge is -2.43. The highest BCUT2D eigenvalue weighted by Gasteiger charge is 2.44. The van der Waals surface area contributed by atoms with Crippen molar-refractivity contribution in [3.8, 4) is 0 Å². The molecule has 0 aliphatic carbocycles. The van der Waals surface area contributed by atoms with E-state index in [1.165, 1.54) is 12.0 Å². The Morgan fingerprint density at radius 1 is 1.00 bits per heavy atom. The largest absolute Gasteiger partial charge is 0.481 e. The van der Waals surface area contributed by atoms with Crippen LogP contribution in [0.15, 0.2) is 0 Å². The number of carboxylic acids is 1. The van der Waals surface area contributed by atoms with Gasteiger partial charge in [0.05, 0.1) is 30.7 Å². The maximum absolute atomic E-state index is 13.8. The molecule has 2 amide bonds. The summed E-state index contributed by atoms with van der Waals surface area (Å²) in [7, 11) is 6.75. The number of aliphatic carboxylic acids is 1. The van der Waals surface area contributed by atoms with Crippen molar-refractivity contribution in [1.29, 1.82) is 0 Å². The van der Waals surface area contributed by atoms with Crippen LogP contribution < -0.4 is 5.32 Å². The highest BCUT2D eigenvalue weighted by atomic mass is 16.5. The summed E-state index contributed by atoms with van der Waals surface area (Å²) in [5.74, 6) is -1.92. The number of nitrogens with one attached hydrogen (secondary N) is 1. The van der Waals surface area contributed by atoms with E-state index < -0.39 is 30.2 Å². The van der Waals surface area contributed by atoms with Crippen molar-refractivity contribution in [3.05, 3.63) is 0 Å². The highest BCUT2D eigenvalue weighted by molar-refractivity contribution is 6.00. The molecule has 0 aliphatic heterocycles. The van der Waals surface area contributed by atoms with Gasteiger partial charge in [0.25, 0.3) is 0 Å². The quantitative estimate of drug-likeness (QED) is 0.462. The van der Waals surface area contributed by atoms with Crippen LogP contribution in [0.25, 0.3) is 0 Å². The first-order valence-electron chi connectivity index (χ1n) is 10.8. The fourth-order valence-electron chi connectivity index (χ4n) is 4.08. The summed E-state index contributed by atoms with van der Waals surface area (Å²) in [6, 6.07) is -1.78. The second kappa shape index (κ2) is 13.0. The molecule has 2 N–H and O–H groups in total. The number of carbonyl (C=O) groups excluding carboxylic acids is 2. The van der Waals surface area contributed by atoms with Gasteiger partial charge in [-0.15, -0.1) is 0 Å². The molecule has 176 valence electrons. The minimum Gasteiger partial charge on any atom is -0.481 e. The first kappa shape index (κ1) is 28.5. The summed E-state index contributed by atoms with van der Waals surface area (Å²) in [5, 5.41) is 12.4. The van der Waals surface area contributed by atoms with Crippen LogP contribution in [-0.4, -0.2) is 85.2 Å². The Morgan fingerprint density at radius 2 is 1.53 bits per heavy atom. The lowest BCUT2D eigenvalue weighted by Crippen LogP contribution is -2.63. The highest BCUT2D eigenvalue weighted by Crippen LogP contribution is 2.27. The van der Waals surface area contributed by atoms with Gasteiger partial charge in [0.1, 0.15) is 0 Å². The van der Waals surface area contributed by atoms with Crippen LogP contribution in [-0.2, 0) is 19.1 Å². The van der Waals surface area contributed by atoms with E-state index >= 15 is 0 Å². The van der Waals surface area contributed by atoms with Crippen molar-refractivity contribution in [2.24, 2.45) is 17.8 Å². The molecule has 0 aromatic rings. The lowest BCUT2D eigenvalue weighted by molar-refractivity contribution is -0.162. The van der Waals surface area contributed by atoms with E-state index in [4.69, 9.17) is 4.74 Å². The van der Waals surface area contributed by atoms with E-state index in [1.807, 2.05) is 60.5 Å². The normalized spacial score (nSPS) is 17.0. The molecular weight excluding hydrogens is 386 g/mol. The van der Waals surface area contributed by atoms with Gasteiger partial charge in [-0.2, -0.15) is 0 Å². The Balaban J connectivity index is 6.66. The zero-order valence-electron chi connectivity index (χ0n) is 20.4. The number of hydrogen-bond acceptors (Lipinski definition) is 6. The number of imide groups is 1. The molecular formula is C22H43N3O5. The third kappa shape index (κ3) is 7.32. The molecule has 8 heteroatoms. The number of carbonyl (C=O) groups is 3. The number of hydrogen-bond donors (Lipinski definition) is 2. The second-order valence-electron chi connectivity index (χ2n) is 8.96. The molecule has 0 aliphatic rings. The maximum atomic E-state index is 13.8. The fraction of sp³-hybridized carbons (Fsp3) is 0.864. The van der Waals surface area contributed by atoms with Gasteiger partial charge in [-0.1, -0.05) is 48.0 Å². The number of carboxylic acid groups (broad SMARTS) is 1. The smallest absolute Gasteiger partial charge is 0.306 e. The van der Waals surface area contributed by atoms with Crippen LogP contribution in [0.5, 0.6) is 0 Å². The van der Waals surface area contributed by atoms with Crippen LogP contribution in [0.4, 0.5) is 0 Å². The number of amides is 2. The molecule has 0 bridgehead atoms. The molecule has 0 aromatic heterocycles. The third-order valence-corrected chi connectivity index (χ3v) is 5.74. The molecule has 0 aromatic carbocycles. The monoisotopic (exact) mass is 429 g/mol. The van der Waals surface area contributed by atoms with E-state index in [9.17, 15) is 19.5 Å². The van der Waals surface area contributed by atoms with Gasteiger partial charge in [0, 0.05) is 7.11 Å². The molecule has 0 saturated heterocycles. The van der Waals surface area contributed by atoms with Crippen molar-refractivity contribution >= 4 is 17.8 Å². The first-order valence-corrected chi connectivity index (χ1v) is 10.8. The van der Waals surface area contributed by atoms with E-state index in [0.717, 1.165) is 0 Å². The standard InChI is InChI=1S/C22H43N3O5/c1-11-15(6)20(16(30-10)12-17(26)27)25(21(28)18(23-7)13(2)3)22(29)19(14(4)5)24(8)9/h13-16,18-20,23H,11-12H2,1-10H3,(H,26,27)/t15-,16?,18-,19-,20?/m0/s1. The number of rotatable bonds is 13. The fourth-order valence-corrected chi connectivity index (χ4v) is 4.08. The Labute approximate surface area is 182 Å². The lowest BCUT2D eigenvalue weighted by atomic mass is 9.88. The van der Waals surface area contributed by atoms with Gasteiger partial charge in [-0.3, -0.25) is 24.2 Å². The van der Waals surface area contributed by atoms with Crippen LogP contribution >= 0.6 is 0 Å². The maximum Gasteiger partial charge on any atom is 0.306 e. The van der Waals surface area contributed by atoms with Crippen molar-refractivity contribution < 1.29 is 24.2 Å². The second-order valence-corrected chi connectivity index (χ2v) is 8.96. The van der Waals surface area contributed by atoms with Crippen LogP contribution in [0.1, 0.15) is 54.4 Å². The number of ether oxygens (including phenoxy) is 1. The van der Waals surface area contributed by atoms with Crippen molar-refractivity contribution in [2.45, 2.75) is 78.6 Å². The van der Waals surface area contributed by atoms with Crippen molar-refractivity contribution in [1.82, 2.24) is 15.1 Å². The number of likely N-dealkylation sites (N-methyl/N-ethyl adjacent to an activating group) is 2. The summed E-state index contributed by atoms with van der Waals surface area (Å²) in [4.78, 5) is 42.1. The van der Waals surface area contributed by atoms with E-state index in [2.05, 4.69) is 5.32 Å². The van der Waals surface area contributed by atoms with Crippen LogP contribution in [0.2, 0.25) is 0 Å². The summed E-state index contributed by atoms with van der Waals surface area (Å²) >= 11 is 0. The molecule has 2 unspecified atom stereocenters. The molecule has 0 rings (SSSR count). The van der Waals surface area contributed by atoms with Gasteiger partial charge in [-0.05, 0) is 38.9 Å². The molecule has 30 heavy (non-hydrogen) atoms. The Morgan fingerprint density at radius 3 is 1.83 bits per heavy atom. The van der Waals surface area contributed by atoms with Gasteiger partial charge in [0.15, 0.2) is 0 Å². The molecule has 0 heterocycles. The predicted molar refractivity (Wildman–Crippen MR) is 118 cm³/mol. The SMILES string of the molecule is CC[C@H](C)C(C(CC(=O)O)OC)N(C(=O)[C@@H](NC)C(C)C)C(=O)[C@H](C(C)C)N(C)C. The zero-order valence-corrected chi connectivity index (χ0v) is 20.4. The van der Waals surface area contributed by atoms with Gasteiger partial charge < -0.3 is 15.2 Å². The van der Waals surface area contributed by atoms with E-state index in [1.54, 1.807) is 7.05 Å². The average Bonchev–Trinajstić information content (AvgIpc) is 2.62. The van der Waals surface area contributed by atoms with E-state index in [0.29, 0.717) is 6.42 Å². The topological polar surface area (TPSA) is 99.2 Å². The Hall–Kier alpha value is -1.51. The average molecular weight is 430 g/mol. The predicted octanol–water partition coefficient (Wildman–Crippen LogP) is 2.08. The molecule has 0 radical (unpaired) electrons. The van der Waals surface area contributed by atoms with Crippen molar-refractivity contribution in [3.63, 3.8) is 0 Å². The minimum absolute atomic E-state index is 0.0343. The summed E-state index contributed by atoms with van der Waals surface area (Å²) in [5.41, 5.74) is 0. The Bertz CT molecular complexity index is 557. The Kier molecular flexibility index (Phi) is 12.4. The van der Waals surface area contributed by atoms with Gasteiger partial charge >= 0.3 is 5.97 Å². The number of methoxy groups -OCH3 is 1. The minimum atomic E-state index is -1.03.